The van der Waals surface area contributed by atoms with E-state index < -0.39 is 5.60 Å². The van der Waals surface area contributed by atoms with E-state index in [2.05, 4.69) is 5.32 Å². The van der Waals surface area contributed by atoms with E-state index in [0.717, 1.165) is 18.5 Å². The number of carbonyl (C=O) groups is 1. The molecule has 2 rings (SSSR count). The number of benzene rings is 1. The second-order valence-corrected chi connectivity index (χ2v) is 7.14. The molecule has 0 radical (unpaired) electrons. The molecule has 0 spiro atoms. The van der Waals surface area contributed by atoms with Gasteiger partial charge < -0.3 is 19.7 Å². The van der Waals surface area contributed by atoms with Gasteiger partial charge in [-0.1, -0.05) is 11.6 Å². The summed E-state index contributed by atoms with van der Waals surface area (Å²) in [5.41, 5.74) is 0.522. The summed E-state index contributed by atoms with van der Waals surface area (Å²) in [6, 6.07) is 5.96. The lowest BCUT2D eigenvalue weighted by Crippen LogP contribution is -2.44. The minimum atomic E-state index is -0.452. The third kappa shape index (κ3) is 5.20. The summed E-state index contributed by atoms with van der Waals surface area (Å²) in [4.78, 5) is 13.8. The van der Waals surface area contributed by atoms with Gasteiger partial charge in [0.05, 0.1) is 12.1 Å². The largest absolute Gasteiger partial charge is 0.495 e. The van der Waals surface area contributed by atoms with Crippen molar-refractivity contribution in [1.82, 2.24) is 4.90 Å². The molecule has 1 amide bonds. The first-order valence-electron chi connectivity index (χ1n) is 7.86. The minimum absolute atomic E-state index is 0.232. The SMILES string of the molecule is COc1cc(NC2CCN(C(=O)OC(C)(C)C)CC2)ccc1Cl. The number of ether oxygens (including phenoxy) is 2. The Kier molecular flexibility index (Phi) is 5.63. The molecule has 0 bridgehead atoms. The van der Waals surface area contributed by atoms with Gasteiger partial charge in [0.15, 0.2) is 0 Å². The van der Waals surface area contributed by atoms with Crippen molar-refractivity contribution < 1.29 is 14.3 Å². The van der Waals surface area contributed by atoms with Crippen molar-refractivity contribution in [2.24, 2.45) is 0 Å². The molecule has 0 atom stereocenters. The van der Waals surface area contributed by atoms with Gasteiger partial charge in [0, 0.05) is 30.9 Å². The standard InChI is InChI=1S/C17H25ClN2O3/c1-17(2,3)23-16(21)20-9-7-12(8-10-20)19-13-5-6-14(18)15(11-13)22-4/h5-6,11-12,19H,7-10H2,1-4H3. The molecule has 6 heteroatoms. The molecule has 128 valence electrons. The predicted molar refractivity (Wildman–Crippen MR) is 92.5 cm³/mol. The summed E-state index contributed by atoms with van der Waals surface area (Å²) in [5.74, 6) is 0.655. The third-order valence-electron chi connectivity index (χ3n) is 3.67. The van der Waals surface area contributed by atoms with Crippen LogP contribution in [0.25, 0.3) is 0 Å². The topological polar surface area (TPSA) is 50.8 Å². The highest BCUT2D eigenvalue weighted by molar-refractivity contribution is 6.32. The monoisotopic (exact) mass is 340 g/mol. The van der Waals surface area contributed by atoms with Crippen molar-refractivity contribution in [3.63, 3.8) is 0 Å². The normalized spacial score (nSPS) is 16.1. The zero-order valence-corrected chi connectivity index (χ0v) is 14.9. The Hall–Kier alpha value is -1.62. The highest BCUT2D eigenvalue weighted by Gasteiger charge is 2.26. The van der Waals surface area contributed by atoms with Crippen molar-refractivity contribution in [2.75, 3.05) is 25.5 Å². The Morgan fingerprint density at radius 2 is 1.96 bits per heavy atom. The van der Waals surface area contributed by atoms with Gasteiger partial charge in [-0.25, -0.2) is 4.79 Å². The molecule has 0 saturated carbocycles. The molecule has 0 aromatic heterocycles. The molecule has 1 aromatic carbocycles. The Morgan fingerprint density at radius 1 is 1.30 bits per heavy atom. The maximum Gasteiger partial charge on any atom is 0.410 e. The molecule has 1 saturated heterocycles. The lowest BCUT2D eigenvalue weighted by atomic mass is 10.0. The van der Waals surface area contributed by atoms with Gasteiger partial charge in [0.25, 0.3) is 0 Å². The molecule has 1 aliphatic rings. The third-order valence-corrected chi connectivity index (χ3v) is 3.98. The fourth-order valence-electron chi connectivity index (χ4n) is 2.52. The number of anilines is 1. The summed E-state index contributed by atoms with van der Waals surface area (Å²) in [5, 5.41) is 4.07. The molecule has 1 fully saturated rings. The second kappa shape index (κ2) is 7.30. The highest BCUT2D eigenvalue weighted by Crippen LogP contribution is 2.28. The van der Waals surface area contributed by atoms with Crippen LogP contribution >= 0.6 is 11.6 Å². The van der Waals surface area contributed by atoms with Crippen LogP contribution in [0.3, 0.4) is 0 Å². The van der Waals surface area contributed by atoms with E-state index in [9.17, 15) is 4.79 Å². The first-order chi connectivity index (χ1) is 10.8. The highest BCUT2D eigenvalue weighted by atomic mass is 35.5. The van der Waals surface area contributed by atoms with Gasteiger partial charge in [0.1, 0.15) is 11.4 Å². The number of rotatable bonds is 3. The smallest absolute Gasteiger partial charge is 0.410 e. The van der Waals surface area contributed by atoms with Crippen molar-refractivity contribution in [3.8, 4) is 5.75 Å². The average Bonchev–Trinajstić information content (AvgIpc) is 2.48. The van der Waals surface area contributed by atoms with Gasteiger partial charge in [-0.2, -0.15) is 0 Å². The van der Waals surface area contributed by atoms with Crippen molar-refractivity contribution in [1.29, 1.82) is 0 Å². The van der Waals surface area contributed by atoms with Gasteiger partial charge in [0.2, 0.25) is 0 Å². The Morgan fingerprint density at radius 3 is 2.52 bits per heavy atom. The van der Waals surface area contributed by atoms with Crippen molar-refractivity contribution in [2.45, 2.75) is 45.3 Å². The number of nitrogens with zero attached hydrogens (tertiary/aromatic N) is 1. The molecule has 1 N–H and O–H groups in total. The Bertz CT molecular complexity index is 549. The van der Waals surface area contributed by atoms with E-state index >= 15 is 0 Å². The maximum atomic E-state index is 12.1. The lowest BCUT2D eigenvalue weighted by Gasteiger charge is -2.34. The number of carbonyl (C=O) groups excluding carboxylic acids is 1. The molecule has 1 aromatic rings. The van der Waals surface area contributed by atoms with Crippen LogP contribution < -0.4 is 10.1 Å². The van der Waals surface area contributed by atoms with Gasteiger partial charge in [-0.15, -0.1) is 0 Å². The first kappa shape index (κ1) is 17.7. The summed E-state index contributed by atoms with van der Waals surface area (Å²) in [6.45, 7) is 7.03. The summed E-state index contributed by atoms with van der Waals surface area (Å²) < 4.78 is 10.6. The van der Waals surface area contributed by atoms with Crippen LogP contribution in [-0.2, 0) is 4.74 Å². The van der Waals surface area contributed by atoms with E-state index in [0.29, 0.717) is 29.9 Å². The fraction of sp³-hybridized carbons (Fsp3) is 0.588. The van der Waals surface area contributed by atoms with Gasteiger partial charge >= 0.3 is 6.09 Å². The van der Waals surface area contributed by atoms with Crippen LogP contribution in [0.4, 0.5) is 10.5 Å². The summed E-state index contributed by atoms with van der Waals surface area (Å²) >= 11 is 6.03. The molecule has 1 heterocycles. The average molecular weight is 341 g/mol. The van der Waals surface area contributed by atoms with Gasteiger partial charge in [-0.05, 0) is 45.7 Å². The number of hydrogen-bond acceptors (Lipinski definition) is 4. The summed E-state index contributed by atoms with van der Waals surface area (Å²) in [7, 11) is 1.60. The Balaban J connectivity index is 1.86. The van der Waals surface area contributed by atoms with E-state index in [1.807, 2.05) is 39.0 Å². The molecule has 1 aliphatic heterocycles. The zero-order chi connectivity index (χ0) is 17.0. The molecule has 0 unspecified atom stereocenters. The number of likely N-dealkylation sites (tertiary alicyclic amines) is 1. The number of nitrogens with one attached hydrogen (secondary N) is 1. The van der Waals surface area contributed by atoms with Crippen LogP contribution in [-0.4, -0.2) is 42.8 Å². The number of hydrogen-bond donors (Lipinski definition) is 1. The molecular formula is C17H25ClN2O3. The fourth-order valence-corrected chi connectivity index (χ4v) is 2.71. The van der Waals surface area contributed by atoms with Crippen LogP contribution in [0.15, 0.2) is 18.2 Å². The van der Waals surface area contributed by atoms with Gasteiger partial charge in [-0.3, -0.25) is 0 Å². The molecule has 5 nitrogen and oxygen atoms in total. The zero-order valence-electron chi connectivity index (χ0n) is 14.2. The van der Waals surface area contributed by atoms with Crippen LogP contribution in [0.2, 0.25) is 5.02 Å². The van der Waals surface area contributed by atoms with E-state index in [-0.39, 0.29) is 6.09 Å². The van der Waals surface area contributed by atoms with Crippen LogP contribution in [0.1, 0.15) is 33.6 Å². The van der Waals surface area contributed by atoms with Crippen molar-refractivity contribution in [3.05, 3.63) is 23.2 Å². The summed E-state index contributed by atoms with van der Waals surface area (Å²) in [6.07, 6.45) is 1.53. The lowest BCUT2D eigenvalue weighted by molar-refractivity contribution is 0.0210. The predicted octanol–water partition coefficient (Wildman–Crippen LogP) is 4.16. The van der Waals surface area contributed by atoms with Crippen molar-refractivity contribution >= 4 is 23.4 Å². The maximum absolute atomic E-state index is 12.1. The molecule has 23 heavy (non-hydrogen) atoms. The number of halogens is 1. The first-order valence-corrected chi connectivity index (χ1v) is 8.24. The number of piperidine rings is 1. The van der Waals surface area contributed by atoms with E-state index in [1.54, 1.807) is 12.0 Å². The van der Waals surface area contributed by atoms with Crippen LogP contribution in [0, 0.1) is 0 Å². The second-order valence-electron chi connectivity index (χ2n) is 6.74. The minimum Gasteiger partial charge on any atom is -0.495 e. The quantitative estimate of drug-likeness (QED) is 0.897. The van der Waals surface area contributed by atoms with Crippen LogP contribution in [0.5, 0.6) is 5.75 Å². The number of methoxy groups -OCH3 is 1. The number of amides is 1. The Labute approximate surface area is 142 Å². The van der Waals surface area contributed by atoms with E-state index in [1.165, 1.54) is 0 Å². The molecule has 0 aliphatic carbocycles. The molecular weight excluding hydrogens is 316 g/mol. The van der Waals surface area contributed by atoms with E-state index in [4.69, 9.17) is 21.1 Å².